The Kier molecular flexibility index (Phi) is 7.08. The molecule has 0 bridgehead atoms. The van der Waals surface area contributed by atoms with Crippen LogP contribution in [0, 0.1) is 0 Å². The van der Waals surface area contributed by atoms with Gasteiger partial charge in [-0.3, -0.25) is 14.7 Å². The second-order valence-corrected chi connectivity index (χ2v) is 7.53. The van der Waals surface area contributed by atoms with Gasteiger partial charge in [-0.15, -0.1) is 0 Å². The van der Waals surface area contributed by atoms with Gasteiger partial charge in [0.25, 0.3) is 5.56 Å². The fraction of sp³-hybridized carbons (Fsp3) is 0.391. The maximum Gasteiger partial charge on any atom is 0.254 e. The summed E-state index contributed by atoms with van der Waals surface area (Å²) in [4.78, 5) is 30.9. The van der Waals surface area contributed by atoms with E-state index >= 15 is 0 Å². The molecular weight excluding hydrogens is 410 g/mol. The number of hydrogen-bond donors (Lipinski definition) is 1. The number of rotatable bonds is 8. The van der Waals surface area contributed by atoms with Crippen molar-refractivity contribution < 1.29 is 14.2 Å². The molecular formula is C23H27N5O4. The third-order valence-electron chi connectivity index (χ3n) is 5.43. The molecule has 0 radical (unpaired) electrons. The van der Waals surface area contributed by atoms with Gasteiger partial charge in [0.05, 0.1) is 25.6 Å². The van der Waals surface area contributed by atoms with E-state index in [2.05, 4.69) is 19.9 Å². The first-order valence-corrected chi connectivity index (χ1v) is 10.6. The molecule has 3 aromatic rings. The summed E-state index contributed by atoms with van der Waals surface area (Å²) >= 11 is 0. The first-order valence-electron chi connectivity index (χ1n) is 10.6. The summed E-state index contributed by atoms with van der Waals surface area (Å²) in [6.07, 6.45) is 6.12. The highest BCUT2D eigenvalue weighted by molar-refractivity contribution is 5.47. The van der Waals surface area contributed by atoms with E-state index < -0.39 is 0 Å². The highest BCUT2D eigenvalue weighted by Gasteiger charge is 2.20. The summed E-state index contributed by atoms with van der Waals surface area (Å²) < 4.78 is 16.3. The zero-order valence-corrected chi connectivity index (χ0v) is 18.3. The van der Waals surface area contributed by atoms with Gasteiger partial charge in [-0.1, -0.05) is 6.07 Å². The van der Waals surface area contributed by atoms with Crippen molar-refractivity contribution in [3.05, 3.63) is 64.0 Å². The first-order chi connectivity index (χ1) is 15.7. The lowest BCUT2D eigenvalue weighted by Gasteiger charge is -2.20. The summed E-state index contributed by atoms with van der Waals surface area (Å²) in [5.74, 6) is 1.86. The van der Waals surface area contributed by atoms with Gasteiger partial charge in [0, 0.05) is 51.1 Å². The summed E-state index contributed by atoms with van der Waals surface area (Å²) in [5.41, 5.74) is 3.16. The lowest BCUT2D eigenvalue weighted by molar-refractivity contribution is 0.144. The lowest BCUT2D eigenvalue weighted by Crippen LogP contribution is -2.26. The molecule has 0 unspecified atom stereocenters. The van der Waals surface area contributed by atoms with Crippen LogP contribution < -0.4 is 15.0 Å². The SMILES string of the molecule is COCCOc1cc(CN2CCc3nc(-c4cnccn4)[nH]c(=O)c3CC2)ccc1OC. The molecule has 2 aromatic heterocycles. The molecule has 0 saturated heterocycles. The van der Waals surface area contributed by atoms with Crippen molar-refractivity contribution in [2.45, 2.75) is 19.4 Å². The van der Waals surface area contributed by atoms with Crippen molar-refractivity contribution >= 4 is 0 Å². The molecule has 9 nitrogen and oxygen atoms in total. The van der Waals surface area contributed by atoms with Crippen LogP contribution in [0.5, 0.6) is 11.5 Å². The van der Waals surface area contributed by atoms with E-state index in [1.165, 1.54) is 0 Å². The molecule has 3 heterocycles. The molecule has 0 atom stereocenters. The number of aromatic amines is 1. The minimum absolute atomic E-state index is 0.101. The molecule has 1 N–H and O–H groups in total. The molecule has 4 rings (SSSR count). The van der Waals surface area contributed by atoms with E-state index in [0.29, 0.717) is 49.1 Å². The molecule has 0 spiro atoms. The van der Waals surface area contributed by atoms with E-state index in [9.17, 15) is 4.79 Å². The molecule has 0 aliphatic carbocycles. The third kappa shape index (κ3) is 5.12. The van der Waals surface area contributed by atoms with Crippen molar-refractivity contribution in [3.63, 3.8) is 0 Å². The number of fused-ring (bicyclic) bond motifs is 1. The number of hydrogen-bond acceptors (Lipinski definition) is 8. The standard InChI is InChI=1S/C23H27N5O4/c1-30-11-12-32-21-13-16(3-4-20(21)31-2)15-28-9-5-17-18(6-10-28)26-22(27-23(17)29)19-14-24-7-8-25-19/h3-4,7-8,13-14H,5-6,9-12,15H2,1-2H3,(H,26,27,29). The first kappa shape index (κ1) is 21.9. The van der Waals surface area contributed by atoms with Crippen LogP contribution in [-0.2, 0) is 24.1 Å². The van der Waals surface area contributed by atoms with E-state index in [-0.39, 0.29) is 5.56 Å². The maximum atomic E-state index is 12.7. The Labute approximate surface area is 186 Å². The molecule has 168 valence electrons. The molecule has 1 aromatic carbocycles. The average Bonchev–Trinajstić information content (AvgIpc) is 3.03. The molecule has 0 saturated carbocycles. The summed E-state index contributed by atoms with van der Waals surface area (Å²) in [7, 11) is 3.27. The molecule has 9 heteroatoms. The van der Waals surface area contributed by atoms with Crippen LogP contribution >= 0.6 is 0 Å². The van der Waals surface area contributed by atoms with E-state index in [0.717, 1.165) is 36.5 Å². The van der Waals surface area contributed by atoms with Crippen LogP contribution in [0.2, 0.25) is 0 Å². The second-order valence-electron chi connectivity index (χ2n) is 7.53. The predicted octanol–water partition coefficient (Wildman–Crippen LogP) is 1.86. The monoisotopic (exact) mass is 437 g/mol. The number of aromatic nitrogens is 4. The van der Waals surface area contributed by atoms with Gasteiger partial charge in [-0.25, -0.2) is 9.97 Å². The minimum atomic E-state index is -0.101. The second kappa shape index (κ2) is 10.3. The van der Waals surface area contributed by atoms with Crippen molar-refractivity contribution in [2.24, 2.45) is 0 Å². The Hall–Kier alpha value is -3.30. The number of nitrogens with one attached hydrogen (secondary N) is 1. The van der Waals surface area contributed by atoms with E-state index in [1.54, 1.807) is 32.8 Å². The molecule has 0 amide bonds. The number of H-pyrrole nitrogens is 1. The van der Waals surface area contributed by atoms with Crippen LogP contribution in [0.15, 0.2) is 41.6 Å². The van der Waals surface area contributed by atoms with Crippen LogP contribution in [0.1, 0.15) is 16.8 Å². The van der Waals surface area contributed by atoms with Gasteiger partial charge < -0.3 is 19.2 Å². The van der Waals surface area contributed by atoms with E-state index in [4.69, 9.17) is 19.2 Å². The molecule has 1 aliphatic heterocycles. The quantitative estimate of drug-likeness (QED) is 0.533. The Morgan fingerprint density at radius 2 is 1.97 bits per heavy atom. The Morgan fingerprint density at radius 1 is 1.09 bits per heavy atom. The Morgan fingerprint density at radius 3 is 2.75 bits per heavy atom. The Balaban J connectivity index is 1.48. The van der Waals surface area contributed by atoms with E-state index in [1.807, 2.05) is 18.2 Å². The number of nitrogens with zero attached hydrogens (tertiary/aromatic N) is 4. The molecule has 0 fully saturated rings. The molecule has 32 heavy (non-hydrogen) atoms. The van der Waals surface area contributed by atoms with Gasteiger partial charge >= 0.3 is 0 Å². The minimum Gasteiger partial charge on any atom is -0.493 e. The summed E-state index contributed by atoms with van der Waals surface area (Å²) in [6, 6.07) is 5.96. The van der Waals surface area contributed by atoms with Crippen molar-refractivity contribution in [1.82, 2.24) is 24.8 Å². The van der Waals surface area contributed by atoms with Crippen molar-refractivity contribution in [3.8, 4) is 23.0 Å². The largest absolute Gasteiger partial charge is 0.493 e. The van der Waals surface area contributed by atoms with Crippen molar-refractivity contribution in [1.29, 1.82) is 0 Å². The normalized spacial score (nSPS) is 13.9. The topological polar surface area (TPSA) is 102 Å². The summed E-state index contributed by atoms with van der Waals surface area (Å²) in [5, 5.41) is 0. The fourth-order valence-corrected chi connectivity index (χ4v) is 3.78. The maximum absolute atomic E-state index is 12.7. The zero-order chi connectivity index (χ0) is 22.3. The van der Waals surface area contributed by atoms with Gasteiger partial charge in [-0.2, -0.15) is 0 Å². The van der Waals surface area contributed by atoms with Gasteiger partial charge in [0.2, 0.25) is 0 Å². The van der Waals surface area contributed by atoms with Gasteiger partial charge in [0.15, 0.2) is 17.3 Å². The fourth-order valence-electron chi connectivity index (χ4n) is 3.78. The van der Waals surface area contributed by atoms with Crippen LogP contribution in [0.25, 0.3) is 11.5 Å². The number of ether oxygens (including phenoxy) is 3. The van der Waals surface area contributed by atoms with Crippen LogP contribution in [0.3, 0.4) is 0 Å². The lowest BCUT2D eigenvalue weighted by atomic mass is 10.1. The van der Waals surface area contributed by atoms with Gasteiger partial charge in [-0.05, 0) is 24.1 Å². The van der Waals surface area contributed by atoms with Gasteiger partial charge in [0.1, 0.15) is 12.3 Å². The third-order valence-corrected chi connectivity index (χ3v) is 5.43. The average molecular weight is 438 g/mol. The summed E-state index contributed by atoms with van der Waals surface area (Å²) in [6.45, 7) is 3.28. The van der Waals surface area contributed by atoms with Crippen molar-refractivity contribution in [2.75, 3.05) is 40.5 Å². The predicted molar refractivity (Wildman–Crippen MR) is 119 cm³/mol. The zero-order valence-electron chi connectivity index (χ0n) is 18.3. The Bertz CT molecular complexity index is 1100. The molecule has 1 aliphatic rings. The van der Waals surface area contributed by atoms with Crippen LogP contribution in [-0.4, -0.2) is 65.4 Å². The number of methoxy groups -OCH3 is 2. The smallest absolute Gasteiger partial charge is 0.254 e. The van der Waals surface area contributed by atoms with Crippen LogP contribution in [0.4, 0.5) is 0 Å². The number of benzene rings is 1. The highest BCUT2D eigenvalue weighted by Crippen LogP contribution is 2.29. The highest BCUT2D eigenvalue weighted by atomic mass is 16.5.